The Morgan fingerprint density at radius 3 is 2.72 bits per heavy atom. The summed E-state index contributed by atoms with van der Waals surface area (Å²) in [6, 6.07) is 7.18. The van der Waals surface area contributed by atoms with E-state index in [-0.39, 0.29) is 6.54 Å². The quantitative estimate of drug-likeness (QED) is 0.905. The first-order valence-electron chi connectivity index (χ1n) is 5.69. The summed E-state index contributed by atoms with van der Waals surface area (Å²) in [6.07, 6.45) is 1.12. The van der Waals surface area contributed by atoms with Crippen LogP contribution in [0.25, 0.3) is 0 Å². The lowest BCUT2D eigenvalue weighted by Gasteiger charge is -2.11. The fraction of sp³-hybridized carbons (Fsp3) is 0.214. The van der Waals surface area contributed by atoms with Crippen molar-refractivity contribution in [3.8, 4) is 11.6 Å². The molecule has 0 fully saturated rings. The second-order valence-corrected chi connectivity index (χ2v) is 4.19. The number of aromatic nitrogens is 1. The summed E-state index contributed by atoms with van der Waals surface area (Å²) < 4.78 is 18.7. The number of benzene rings is 1. The minimum atomic E-state index is -0.413. The molecule has 1 aromatic heterocycles. The monoisotopic (exact) mass is 246 g/mol. The van der Waals surface area contributed by atoms with E-state index in [9.17, 15) is 4.39 Å². The Balaban J connectivity index is 2.33. The molecule has 0 bridgehead atoms. The van der Waals surface area contributed by atoms with Gasteiger partial charge in [0.1, 0.15) is 11.6 Å². The maximum absolute atomic E-state index is 13.0. The Morgan fingerprint density at radius 1 is 1.28 bits per heavy atom. The van der Waals surface area contributed by atoms with Crippen molar-refractivity contribution in [3.63, 3.8) is 0 Å². The van der Waals surface area contributed by atoms with Gasteiger partial charge in [-0.05, 0) is 31.5 Å². The van der Waals surface area contributed by atoms with Gasteiger partial charge in [-0.15, -0.1) is 0 Å². The van der Waals surface area contributed by atoms with Crippen molar-refractivity contribution in [2.75, 3.05) is 0 Å². The molecule has 0 saturated heterocycles. The summed E-state index contributed by atoms with van der Waals surface area (Å²) in [7, 11) is 0. The molecule has 1 heterocycles. The molecule has 0 radical (unpaired) electrons. The molecule has 0 atom stereocenters. The molecule has 0 aliphatic carbocycles. The first-order valence-corrected chi connectivity index (χ1v) is 5.69. The van der Waals surface area contributed by atoms with E-state index in [2.05, 4.69) is 4.98 Å². The Bertz CT molecular complexity index is 570. The molecule has 0 aliphatic heterocycles. The molecular weight excluding hydrogens is 231 g/mol. The topological polar surface area (TPSA) is 48.1 Å². The lowest BCUT2D eigenvalue weighted by atomic mass is 10.1. The molecule has 0 spiro atoms. The van der Waals surface area contributed by atoms with Crippen molar-refractivity contribution < 1.29 is 9.13 Å². The van der Waals surface area contributed by atoms with Crippen molar-refractivity contribution in [2.45, 2.75) is 20.4 Å². The maximum Gasteiger partial charge on any atom is 0.223 e. The SMILES string of the molecule is Cc1ccc(Oc2ncc(F)cc2CN)c(C)c1. The molecule has 2 N–H and O–H groups in total. The number of ether oxygens (including phenoxy) is 1. The van der Waals surface area contributed by atoms with Crippen LogP contribution in [0.2, 0.25) is 0 Å². The van der Waals surface area contributed by atoms with Crippen LogP contribution in [0, 0.1) is 19.7 Å². The normalized spacial score (nSPS) is 10.4. The van der Waals surface area contributed by atoms with E-state index in [0.29, 0.717) is 17.2 Å². The zero-order valence-corrected chi connectivity index (χ0v) is 10.4. The second-order valence-electron chi connectivity index (χ2n) is 4.19. The third-order valence-electron chi connectivity index (χ3n) is 2.65. The van der Waals surface area contributed by atoms with Gasteiger partial charge < -0.3 is 10.5 Å². The van der Waals surface area contributed by atoms with E-state index in [1.54, 1.807) is 0 Å². The van der Waals surface area contributed by atoms with Crippen molar-refractivity contribution in [2.24, 2.45) is 5.73 Å². The van der Waals surface area contributed by atoms with Crippen LogP contribution in [0.1, 0.15) is 16.7 Å². The van der Waals surface area contributed by atoms with Gasteiger partial charge in [0, 0.05) is 12.1 Å². The summed E-state index contributed by atoms with van der Waals surface area (Å²) in [5.41, 5.74) is 8.26. The van der Waals surface area contributed by atoms with E-state index in [0.717, 1.165) is 17.3 Å². The van der Waals surface area contributed by atoms with Crippen LogP contribution in [0.15, 0.2) is 30.5 Å². The van der Waals surface area contributed by atoms with E-state index >= 15 is 0 Å². The number of rotatable bonds is 3. The fourth-order valence-electron chi connectivity index (χ4n) is 1.72. The van der Waals surface area contributed by atoms with Gasteiger partial charge in [-0.1, -0.05) is 17.7 Å². The van der Waals surface area contributed by atoms with E-state index in [1.165, 1.54) is 6.07 Å². The average molecular weight is 246 g/mol. The fourth-order valence-corrected chi connectivity index (χ4v) is 1.72. The zero-order chi connectivity index (χ0) is 13.1. The summed E-state index contributed by atoms with van der Waals surface area (Å²) in [6.45, 7) is 4.15. The highest BCUT2D eigenvalue weighted by molar-refractivity contribution is 5.39. The van der Waals surface area contributed by atoms with E-state index in [1.807, 2.05) is 32.0 Å². The van der Waals surface area contributed by atoms with Crippen LogP contribution in [0.4, 0.5) is 4.39 Å². The zero-order valence-electron chi connectivity index (χ0n) is 10.4. The van der Waals surface area contributed by atoms with E-state index < -0.39 is 5.82 Å². The lowest BCUT2D eigenvalue weighted by molar-refractivity contribution is 0.449. The lowest BCUT2D eigenvalue weighted by Crippen LogP contribution is -2.02. The maximum atomic E-state index is 13.0. The molecule has 2 rings (SSSR count). The number of pyridine rings is 1. The largest absolute Gasteiger partial charge is 0.438 e. The highest BCUT2D eigenvalue weighted by atomic mass is 19.1. The smallest absolute Gasteiger partial charge is 0.223 e. The summed E-state index contributed by atoms with van der Waals surface area (Å²) >= 11 is 0. The molecule has 0 saturated carbocycles. The molecule has 3 nitrogen and oxygen atoms in total. The number of hydrogen-bond donors (Lipinski definition) is 1. The third-order valence-corrected chi connectivity index (χ3v) is 2.65. The Labute approximate surface area is 105 Å². The minimum absolute atomic E-state index is 0.186. The van der Waals surface area contributed by atoms with Crippen LogP contribution >= 0.6 is 0 Å². The predicted octanol–water partition coefficient (Wildman–Crippen LogP) is 3.09. The molecule has 94 valence electrons. The van der Waals surface area contributed by atoms with Gasteiger partial charge in [-0.25, -0.2) is 9.37 Å². The van der Waals surface area contributed by atoms with Crippen molar-refractivity contribution >= 4 is 0 Å². The molecule has 1 aromatic carbocycles. The number of nitrogens with zero attached hydrogens (tertiary/aromatic N) is 1. The van der Waals surface area contributed by atoms with E-state index in [4.69, 9.17) is 10.5 Å². The number of hydrogen-bond acceptors (Lipinski definition) is 3. The molecule has 0 amide bonds. The Morgan fingerprint density at radius 2 is 2.06 bits per heavy atom. The van der Waals surface area contributed by atoms with Gasteiger partial charge in [-0.2, -0.15) is 0 Å². The summed E-state index contributed by atoms with van der Waals surface area (Å²) in [5.74, 6) is 0.642. The standard InChI is InChI=1S/C14H15FN2O/c1-9-3-4-13(10(2)5-9)18-14-11(7-16)6-12(15)8-17-14/h3-6,8H,7,16H2,1-2H3. The molecular formula is C14H15FN2O. The molecule has 0 unspecified atom stereocenters. The first-order chi connectivity index (χ1) is 8.60. The van der Waals surface area contributed by atoms with Gasteiger partial charge in [0.2, 0.25) is 5.88 Å². The summed E-state index contributed by atoms with van der Waals surface area (Å²) in [4.78, 5) is 3.93. The van der Waals surface area contributed by atoms with Gasteiger partial charge in [-0.3, -0.25) is 0 Å². The van der Waals surface area contributed by atoms with Crippen molar-refractivity contribution in [1.29, 1.82) is 0 Å². The van der Waals surface area contributed by atoms with Crippen LogP contribution in [0.5, 0.6) is 11.6 Å². The van der Waals surface area contributed by atoms with Gasteiger partial charge >= 0.3 is 0 Å². The second kappa shape index (κ2) is 5.14. The van der Waals surface area contributed by atoms with Crippen molar-refractivity contribution in [1.82, 2.24) is 4.98 Å². The van der Waals surface area contributed by atoms with Gasteiger partial charge in [0.25, 0.3) is 0 Å². The Hall–Kier alpha value is -1.94. The van der Waals surface area contributed by atoms with Gasteiger partial charge in [0.05, 0.1) is 6.20 Å². The first kappa shape index (κ1) is 12.5. The number of nitrogens with two attached hydrogens (primary N) is 1. The number of halogens is 1. The van der Waals surface area contributed by atoms with Crippen LogP contribution < -0.4 is 10.5 Å². The molecule has 18 heavy (non-hydrogen) atoms. The third kappa shape index (κ3) is 2.65. The number of aryl methyl sites for hydroxylation is 2. The predicted molar refractivity (Wildman–Crippen MR) is 68.1 cm³/mol. The van der Waals surface area contributed by atoms with Crippen LogP contribution in [-0.2, 0) is 6.54 Å². The van der Waals surface area contributed by atoms with Crippen molar-refractivity contribution in [3.05, 3.63) is 53.0 Å². The van der Waals surface area contributed by atoms with Crippen LogP contribution in [0.3, 0.4) is 0 Å². The Kier molecular flexibility index (Phi) is 3.58. The highest BCUT2D eigenvalue weighted by Crippen LogP contribution is 2.26. The summed E-state index contributed by atoms with van der Waals surface area (Å²) in [5, 5.41) is 0. The average Bonchev–Trinajstić information content (AvgIpc) is 2.34. The molecule has 4 heteroatoms. The minimum Gasteiger partial charge on any atom is -0.438 e. The molecule has 2 aromatic rings. The molecule has 0 aliphatic rings. The van der Waals surface area contributed by atoms with Gasteiger partial charge in [0.15, 0.2) is 0 Å². The van der Waals surface area contributed by atoms with Crippen LogP contribution in [-0.4, -0.2) is 4.98 Å². The highest BCUT2D eigenvalue weighted by Gasteiger charge is 2.08.